The average Bonchev–Trinajstić information content (AvgIpc) is 2.65. The molecule has 5 nitrogen and oxygen atoms in total. The SMILES string of the molecule is C[C@@H](NC(=O)c1cccnc1)[C@@H](c1ccccc1)N1CCN(C)CC1. The van der Waals surface area contributed by atoms with Crippen LogP contribution < -0.4 is 5.32 Å². The lowest BCUT2D eigenvalue weighted by molar-refractivity contribution is 0.0791. The van der Waals surface area contributed by atoms with Gasteiger partial charge in [0.2, 0.25) is 0 Å². The van der Waals surface area contributed by atoms with Gasteiger partial charge >= 0.3 is 0 Å². The van der Waals surface area contributed by atoms with Crippen molar-refractivity contribution in [2.45, 2.75) is 19.0 Å². The molecule has 0 spiro atoms. The molecule has 132 valence electrons. The van der Waals surface area contributed by atoms with Crippen LogP contribution >= 0.6 is 0 Å². The fraction of sp³-hybridized carbons (Fsp3) is 0.400. The maximum atomic E-state index is 12.5. The van der Waals surface area contributed by atoms with Crippen molar-refractivity contribution in [3.8, 4) is 0 Å². The Balaban J connectivity index is 1.77. The molecular formula is C20H26N4O. The zero-order chi connectivity index (χ0) is 17.6. The molecular weight excluding hydrogens is 312 g/mol. The van der Waals surface area contributed by atoms with E-state index in [0.717, 1.165) is 26.2 Å². The van der Waals surface area contributed by atoms with Crippen molar-refractivity contribution >= 4 is 5.91 Å². The van der Waals surface area contributed by atoms with Crippen LogP contribution in [-0.4, -0.2) is 60.0 Å². The van der Waals surface area contributed by atoms with Gasteiger partial charge in [-0.05, 0) is 31.7 Å². The summed E-state index contributed by atoms with van der Waals surface area (Å²) < 4.78 is 0. The second-order valence-corrected chi connectivity index (χ2v) is 6.70. The molecule has 0 radical (unpaired) electrons. The van der Waals surface area contributed by atoms with Crippen LogP contribution in [0.4, 0.5) is 0 Å². The third kappa shape index (κ3) is 4.44. The molecule has 1 N–H and O–H groups in total. The topological polar surface area (TPSA) is 48.5 Å². The quantitative estimate of drug-likeness (QED) is 0.908. The van der Waals surface area contributed by atoms with Gasteiger partial charge in [-0.3, -0.25) is 14.7 Å². The summed E-state index contributed by atoms with van der Waals surface area (Å²) in [5.41, 5.74) is 1.84. The smallest absolute Gasteiger partial charge is 0.253 e. The molecule has 2 aromatic rings. The number of carbonyl (C=O) groups is 1. The van der Waals surface area contributed by atoms with Crippen molar-refractivity contribution in [1.82, 2.24) is 20.1 Å². The molecule has 1 aromatic carbocycles. The van der Waals surface area contributed by atoms with Crippen molar-refractivity contribution in [2.24, 2.45) is 0 Å². The van der Waals surface area contributed by atoms with Crippen LogP contribution in [0.3, 0.4) is 0 Å². The minimum absolute atomic E-state index is 0.00138. The fourth-order valence-electron chi connectivity index (χ4n) is 3.43. The number of aromatic nitrogens is 1. The van der Waals surface area contributed by atoms with E-state index in [2.05, 4.69) is 58.3 Å². The number of benzene rings is 1. The number of nitrogens with zero attached hydrogens (tertiary/aromatic N) is 3. The minimum atomic E-state index is -0.0735. The van der Waals surface area contributed by atoms with Gasteiger partial charge in [0.05, 0.1) is 11.6 Å². The summed E-state index contributed by atoms with van der Waals surface area (Å²) >= 11 is 0. The number of hydrogen-bond donors (Lipinski definition) is 1. The first kappa shape index (κ1) is 17.6. The Bertz CT molecular complexity index is 669. The Labute approximate surface area is 149 Å². The highest BCUT2D eigenvalue weighted by Crippen LogP contribution is 2.25. The summed E-state index contributed by atoms with van der Waals surface area (Å²) in [6.07, 6.45) is 3.28. The van der Waals surface area contributed by atoms with Crippen molar-refractivity contribution in [3.05, 3.63) is 66.0 Å². The van der Waals surface area contributed by atoms with Crippen molar-refractivity contribution in [3.63, 3.8) is 0 Å². The fourth-order valence-corrected chi connectivity index (χ4v) is 3.43. The molecule has 2 atom stereocenters. The minimum Gasteiger partial charge on any atom is -0.348 e. The van der Waals surface area contributed by atoms with Gasteiger partial charge < -0.3 is 10.2 Å². The summed E-state index contributed by atoms with van der Waals surface area (Å²) in [6, 6.07) is 14.2. The van der Waals surface area contributed by atoms with E-state index in [1.807, 2.05) is 6.07 Å². The highest BCUT2D eigenvalue weighted by atomic mass is 16.1. The van der Waals surface area contributed by atoms with Crippen LogP contribution in [0.15, 0.2) is 54.9 Å². The Morgan fingerprint density at radius 2 is 1.80 bits per heavy atom. The van der Waals surface area contributed by atoms with Crippen LogP contribution in [-0.2, 0) is 0 Å². The van der Waals surface area contributed by atoms with E-state index in [1.54, 1.807) is 24.5 Å². The number of carbonyl (C=O) groups excluding carboxylic acids is 1. The molecule has 1 saturated heterocycles. The van der Waals surface area contributed by atoms with E-state index < -0.39 is 0 Å². The summed E-state index contributed by atoms with van der Waals surface area (Å²) in [4.78, 5) is 21.4. The van der Waals surface area contributed by atoms with Gasteiger partial charge in [0.25, 0.3) is 5.91 Å². The highest BCUT2D eigenvalue weighted by Gasteiger charge is 2.29. The first-order valence-corrected chi connectivity index (χ1v) is 8.83. The molecule has 0 aliphatic carbocycles. The average molecular weight is 338 g/mol. The van der Waals surface area contributed by atoms with Gasteiger partial charge in [-0.15, -0.1) is 0 Å². The Kier molecular flexibility index (Phi) is 5.79. The van der Waals surface area contributed by atoms with Crippen molar-refractivity contribution in [1.29, 1.82) is 0 Å². The number of hydrogen-bond acceptors (Lipinski definition) is 4. The number of likely N-dealkylation sites (N-methyl/N-ethyl adjacent to an activating group) is 1. The number of nitrogens with one attached hydrogen (secondary N) is 1. The molecule has 1 aromatic heterocycles. The van der Waals surface area contributed by atoms with Gasteiger partial charge in [0.1, 0.15) is 0 Å². The summed E-state index contributed by atoms with van der Waals surface area (Å²) in [7, 11) is 2.16. The molecule has 1 aliphatic heterocycles. The lowest BCUT2D eigenvalue weighted by Gasteiger charge is -2.41. The molecule has 1 amide bonds. The number of pyridine rings is 1. The first-order valence-electron chi connectivity index (χ1n) is 8.83. The largest absolute Gasteiger partial charge is 0.348 e. The molecule has 0 bridgehead atoms. The number of rotatable bonds is 5. The van der Waals surface area contributed by atoms with Crippen LogP contribution in [0.25, 0.3) is 0 Å². The molecule has 0 unspecified atom stereocenters. The predicted molar refractivity (Wildman–Crippen MR) is 99.4 cm³/mol. The van der Waals surface area contributed by atoms with E-state index in [9.17, 15) is 4.79 Å². The van der Waals surface area contributed by atoms with Crippen molar-refractivity contribution < 1.29 is 4.79 Å². The van der Waals surface area contributed by atoms with E-state index >= 15 is 0 Å². The monoisotopic (exact) mass is 338 g/mol. The van der Waals surface area contributed by atoms with E-state index in [4.69, 9.17) is 0 Å². The predicted octanol–water partition coefficient (Wildman–Crippen LogP) is 2.19. The molecule has 25 heavy (non-hydrogen) atoms. The second kappa shape index (κ2) is 8.23. The standard InChI is InChI=1S/C20H26N4O/c1-16(22-20(25)18-9-6-10-21-15-18)19(17-7-4-3-5-8-17)24-13-11-23(2)12-14-24/h3-10,15-16,19H,11-14H2,1-2H3,(H,22,25)/t16-,19+/m1/s1. The van der Waals surface area contributed by atoms with Gasteiger partial charge in [-0.2, -0.15) is 0 Å². The molecule has 5 heteroatoms. The number of piperazine rings is 1. The van der Waals surface area contributed by atoms with Gasteiger partial charge in [0.15, 0.2) is 0 Å². The van der Waals surface area contributed by atoms with Gasteiger partial charge in [-0.1, -0.05) is 30.3 Å². The van der Waals surface area contributed by atoms with Crippen molar-refractivity contribution in [2.75, 3.05) is 33.2 Å². The zero-order valence-electron chi connectivity index (χ0n) is 14.9. The maximum absolute atomic E-state index is 12.5. The second-order valence-electron chi connectivity index (χ2n) is 6.70. The van der Waals surface area contributed by atoms with Gasteiger partial charge in [0, 0.05) is 44.6 Å². The first-order chi connectivity index (χ1) is 12.1. The number of amides is 1. The lowest BCUT2D eigenvalue weighted by atomic mass is 9.97. The molecule has 1 aliphatic rings. The third-order valence-corrected chi connectivity index (χ3v) is 4.83. The van der Waals surface area contributed by atoms with E-state index in [-0.39, 0.29) is 18.0 Å². The zero-order valence-corrected chi connectivity index (χ0v) is 14.9. The summed E-state index contributed by atoms with van der Waals surface area (Å²) in [6.45, 7) is 6.19. The Hall–Kier alpha value is -2.24. The van der Waals surface area contributed by atoms with Crippen LogP contribution in [0, 0.1) is 0 Å². The molecule has 0 saturated carbocycles. The van der Waals surface area contributed by atoms with Gasteiger partial charge in [-0.25, -0.2) is 0 Å². The summed E-state index contributed by atoms with van der Waals surface area (Å²) in [5.74, 6) is -0.0735. The van der Waals surface area contributed by atoms with E-state index in [0.29, 0.717) is 5.56 Å². The molecule has 3 rings (SSSR count). The Morgan fingerprint density at radius 1 is 1.08 bits per heavy atom. The van der Waals surface area contributed by atoms with Crippen LogP contribution in [0.2, 0.25) is 0 Å². The maximum Gasteiger partial charge on any atom is 0.253 e. The normalized spacial score (nSPS) is 18.5. The third-order valence-electron chi connectivity index (χ3n) is 4.83. The lowest BCUT2D eigenvalue weighted by Crippen LogP contribution is -2.51. The molecule has 2 heterocycles. The summed E-state index contributed by atoms with van der Waals surface area (Å²) in [5, 5.41) is 3.17. The Morgan fingerprint density at radius 3 is 2.44 bits per heavy atom. The van der Waals surface area contributed by atoms with Crippen LogP contribution in [0.1, 0.15) is 28.9 Å². The van der Waals surface area contributed by atoms with Crippen LogP contribution in [0.5, 0.6) is 0 Å². The molecule has 1 fully saturated rings. The highest BCUT2D eigenvalue weighted by molar-refractivity contribution is 5.94. The van der Waals surface area contributed by atoms with E-state index in [1.165, 1.54) is 5.56 Å².